The van der Waals surface area contributed by atoms with E-state index in [1.165, 1.54) is 6.07 Å². The summed E-state index contributed by atoms with van der Waals surface area (Å²) in [5, 5.41) is 1.72. The van der Waals surface area contributed by atoms with E-state index >= 15 is 0 Å². The van der Waals surface area contributed by atoms with E-state index in [-0.39, 0.29) is 17.2 Å². The van der Waals surface area contributed by atoms with Crippen LogP contribution in [0, 0.1) is 5.92 Å². The van der Waals surface area contributed by atoms with Crippen LogP contribution in [0.5, 0.6) is 5.75 Å². The molecule has 26 heavy (non-hydrogen) atoms. The molecule has 0 saturated heterocycles. The Bertz CT molecular complexity index is 749. The molecule has 1 saturated carbocycles. The minimum absolute atomic E-state index is 0.0299. The highest BCUT2D eigenvalue weighted by atomic mass is 79.9. The zero-order chi connectivity index (χ0) is 18.7. The standard InChI is InChI=1S/C21H24BrF3O/c1-14-4-8-17(9-5-14)26-19-11-7-16-13-15(3-2-12-22)6-10-18(16)20(19)21(23,24)25/h6-7,10-11,13-14,17H,2-5,8-9,12H2,1H3. The smallest absolute Gasteiger partial charge is 0.420 e. The normalized spacial score (nSPS) is 21.1. The van der Waals surface area contributed by atoms with E-state index in [9.17, 15) is 13.2 Å². The third-order valence-corrected chi connectivity index (χ3v) is 5.75. The molecule has 1 fully saturated rings. The van der Waals surface area contributed by atoms with Crippen molar-refractivity contribution in [3.8, 4) is 5.75 Å². The van der Waals surface area contributed by atoms with Gasteiger partial charge < -0.3 is 4.74 Å². The van der Waals surface area contributed by atoms with Gasteiger partial charge in [-0.2, -0.15) is 13.2 Å². The van der Waals surface area contributed by atoms with Crippen LogP contribution < -0.4 is 4.74 Å². The number of hydrogen-bond acceptors (Lipinski definition) is 1. The van der Waals surface area contributed by atoms with E-state index in [1.54, 1.807) is 18.2 Å². The van der Waals surface area contributed by atoms with Crippen LogP contribution in [0.2, 0.25) is 0 Å². The molecule has 0 aliphatic heterocycles. The molecule has 0 heterocycles. The highest BCUT2D eigenvalue weighted by Crippen LogP contribution is 2.42. The van der Waals surface area contributed by atoms with Gasteiger partial charge in [-0.1, -0.05) is 47.1 Å². The molecule has 0 amide bonds. The molecular weight excluding hydrogens is 405 g/mol. The molecular formula is C21H24BrF3O. The van der Waals surface area contributed by atoms with E-state index in [1.807, 2.05) is 6.07 Å². The average molecular weight is 429 g/mol. The van der Waals surface area contributed by atoms with Crippen LogP contribution in [0.1, 0.15) is 50.2 Å². The Kier molecular flexibility index (Phi) is 6.16. The Morgan fingerprint density at radius 3 is 2.46 bits per heavy atom. The zero-order valence-electron chi connectivity index (χ0n) is 14.9. The van der Waals surface area contributed by atoms with Gasteiger partial charge in [0.2, 0.25) is 0 Å². The monoisotopic (exact) mass is 428 g/mol. The Hall–Kier alpha value is -1.23. The Labute approximate surface area is 161 Å². The molecule has 0 radical (unpaired) electrons. The summed E-state index contributed by atoms with van der Waals surface area (Å²) in [7, 11) is 0. The van der Waals surface area contributed by atoms with Crippen molar-refractivity contribution in [2.45, 2.75) is 57.7 Å². The van der Waals surface area contributed by atoms with Gasteiger partial charge in [0.05, 0.1) is 6.10 Å². The summed E-state index contributed by atoms with van der Waals surface area (Å²) >= 11 is 3.39. The molecule has 142 valence electrons. The summed E-state index contributed by atoms with van der Waals surface area (Å²) in [5.74, 6) is 0.601. The molecule has 0 unspecified atom stereocenters. The van der Waals surface area contributed by atoms with Crippen LogP contribution in [0.3, 0.4) is 0 Å². The summed E-state index contributed by atoms with van der Waals surface area (Å²) in [6.45, 7) is 2.18. The van der Waals surface area contributed by atoms with Crippen molar-refractivity contribution >= 4 is 26.7 Å². The maximum absolute atomic E-state index is 13.8. The lowest BCUT2D eigenvalue weighted by molar-refractivity contribution is -0.138. The van der Waals surface area contributed by atoms with Gasteiger partial charge in [-0.15, -0.1) is 0 Å². The molecule has 0 spiro atoms. The van der Waals surface area contributed by atoms with E-state index in [0.29, 0.717) is 11.3 Å². The van der Waals surface area contributed by atoms with Crippen LogP contribution in [0.4, 0.5) is 13.2 Å². The second-order valence-corrected chi connectivity index (χ2v) is 8.08. The fourth-order valence-electron chi connectivity index (χ4n) is 3.70. The molecule has 0 N–H and O–H groups in total. The van der Waals surface area contributed by atoms with Gasteiger partial charge in [0.25, 0.3) is 0 Å². The number of hydrogen-bond donors (Lipinski definition) is 0. The molecule has 2 aromatic rings. The summed E-state index contributed by atoms with van der Waals surface area (Å²) in [4.78, 5) is 0. The minimum Gasteiger partial charge on any atom is -0.490 e. The molecule has 1 aliphatic rings. The second kappa shape index (κ2) is 8.20. The van der Waals surface area contributed by atoms with Crippen molar-refractivity contribution in [3.05, 3.63) is 41.5 Å². The largest absolute Gasteiger partial charge is 0.490 e. The topological polar surface area (TPSA) is 9.23 Å². The Balaban J connectivity index is 1.95. The third-order valence-electron chi connectivity index (χ3n) is 5.19. The van der Waals surface area contributed by atoms with Crippen molar-refractivity contribution in [2.75, 3.05) is 5.33 Å². The van der Waals surface area contributed by atoms with Gasteiger partial charge >= 0.3 is 6.18 Å². The fraction of sp³-hybridized carbons (Fsp3) is 0.524. The summed E-state index contributed by atoms with van der Waals surface area (Å²) in [5.41, 5.74) is 0.417. The van der Waals surface area contributed by atoms with Gasteiger partial charge in [0.15, 0.2) is 0 Å². The lowest BCUT2D eigenvalue weighted by Crippen LogP contribution is -2.24. The lowest BCUT2D eigenvalue weighted by Gasteiger charge is -2.28. The van der Waals surface area contributed by atoms with Crippen molar-refractivity contribution in [3.63, 3.8) is 0 Å². The highest BCUT2D eigenvalue weighted by Gasteiger charge is 2.37. The van der Waals surface area contributed by atoms with Crippen LogP contribution in [0.25, 0.3) is 10.8 Å². The average Bonchev–Trinajstić information content (AvgIpc) is 2.60. The fourth-order valence-corrected chi connectivity index (χ4v) is 3.98. The molecule has 3 rings (SSSR count). The summed E-state index contributed by atoms with van der Waals surface area (Å²) in [6, 6.07) is 8.50. The van der Waals surface area contributed by atoms with Crippen LogP contribution in [-0.2, 0) is 12.6 Å². The van der Waals surface area contributed by atoms with Crippen LogP contribution >= 0.6 is 15.9 Å². The Morgan fingerprint density at radius 1 is 1.08 bits per heavy atom. The molecule has 0 aromatic heterocycles. The molecule has 0 bridgehead atoms. The zero-order valence-corrected chi connectivity index (χ0v) is 16.5. The number of aryl methyl sites for hydroxylation is 1. The van der Waals surface area contributed by atoms with E-state index in [2.05, 4.69) is 22.9 Å². The third kappa shape index (κ3) is 4.54. The number of fused-ring (bicyclic) bond motifs is 1. The van der Waals surface area contributed by atoms with Crippen molar-refractivity contribution < 1.29 is 17.9 Å². The SMILES string of the molecule is CC1CCC(Oc2ccc3cc(CCCBr)ccc3c2C(F)(F)F)CC1. The number of ether oxygens (including phenoxy) is 1. The number of rotatable bonds is 5. The lowest BCUT2D eigenvalue weighted by atomic mass is 9.89. The number of halogens is 4. The number of alkyl halides is 4. The van der Waals surface area contributed by atoms with Crippen molar-refractivity contribution in [1.82, 2.24) is 0 Å². The highest BCUT2D eigenvalue weighted by molar-refractivity contribution is 9.09. The predicted molar refractivity (Wildman–Crippen MR) is 103 cm³/mol. The van der Waals surface area contributed by atoms with Crippen LogP contribution in [-0.4, -0.2) is 11.4 Å². The molecule has 5 heteroatoms. The van der Waals surface area contributed by atoms with Crippen molar-refractivity contribution in [2.24, 2.45) is 5.92 Å². The van der Waals surface area contributed by atoms with Gasteiger partial charge in [-0.25, -0.2) is 0 Å². The maximum atomic E-state index is 13.8. The summed E-state index contributed by atoms with van der Waals surface area (Å²) in [6.07, 6.45) is 0.911. The number of benzene rings is 2. The summed E-state index contributed by atoms with van der Waals surface area (Å²) < 4.78 is 47.3. The van der Waals surface area contributed by atoms with E-state index < -0.39 is 11.7 Å². The first-order valence-corrected chi connectivity index (χ1v) is 10.4. The van der Waals surface area contributed by atoms with E-state index in [4.69, 9.17) is 4.74 Å². The maximum Gasteiger partial charge on any atom is 0.420 e. The molecule has 2 aromatic carbocycles. The first-order chi connectivity index (χ1) is 12.4. The Morgan fingerprint density at radius 2 is 1.81 bits per heavy atom. The van der Waals surface area contributed by atoms with Gasteiger partial charge in [-0.3, -0.25) is 0 Å². The van der Waals surface area contributed by atoms with Crippen molar-refractivity contribution in [1.29, 1.82) is 0 Å². The van der Waals surface area contributed by atoms with Crippen LogP contribution in [0.15, 0.2) is 30.3 Å². The van der Waals surface area contributed by atoms with Gasteiger partial charge in [0, 0.05) is 5.33 Å². The minimum atomic E-state index is -4.44. The first kappa shape index (κ1) is 19.5. The van der Waals surface area contributed by atoms with E-state index in [0.717, 1.165) is 49.4 Å². The van der Waals surface area contributed by atoms with Gasteiger partial charge in [0.1, 0.15) is 11.3 Å². The molecule has 1 nitrogen and oxygen atoms in total. The molecule has 0 atom stereocenters. The molecule has 1 aliphatic carbocycles. The first-order valence-electron chi connectivity index (χ1n) is 9.24. The quantitative estimate of drug-likeness (QED) is 0.459. The van der Waals surface area contributed by atoms with Gasteiger partial charge in [-0.05, 0) is 66.8 Å². The predicted octanol–water partition coefficient (Wildman–Crippen LogP) is 7.14. The second-order valence-electron chi connectivity index (χ2n) is 7.28.